The van der Waals surface area contributed by atoms with Crippen molar-refractivity contribution in [2.75, 3.05) is 6.61 Å². The molecule has 1 rings (SSSR count). The predicted molar refractivity (Wildman–Crippen MR) is 60.8 cm³/mol. The molecule has 0 aliphatic carbocycles. The Balaban J connectivity index is 3.09. The van der Waals surface area contributed by atoms with Crippen molar-refractivity contribution in [1.82, 2.24) is 4.89 Å². The fourth-order valence-corrected chi connectivity index (χ4v) is 2.69. The number of hydrogen-bond donors (Lipinski definition) is 1. The van der Waals surface area contributed by atoms with Crippen LogP contribution in [-0.2, 0) is 14.9 Å². The molecular weight excluding hydrogens is 282 g/mol. The Morgan fingerprint density at radius 1 is 1.47 bits per heavy atom. The summed E-state index contributed by atoms with van der Waals surface area (Å²) in [6.45, 7) is 3.72. The molecule has 0 aliphatic rings. The first kappa shape index (κ1) is 12.6. The van der Waals surface area contributed by atoms with Crippen LogP contribution in [-0.4, -0.2) is 15.0 Å². The minimum atomic E-state index is -3.58. The quantitative estimate of drug-likeness (QED) is 0.864. The maximum absolute atomic E-state index is 11.7. The van der Waals surface area contributed by atoms with Gasteiger partial charge in [0.25, 0.3) is 10.0 Å². The highest BCUT2D eigenvalue weighted by molar-refractivity contribution is 9.10. The van der Waals surface area contributed by atoms with Crippen molar-refractivity contribution < 1.29 is 13.3 Å². The number of nitrogens with one attached hydrogen (secondary N) is 1. The molecule has 0 heterocycles. The number of rotatable bonds is 4. The van der Waals surface area contributed by atoms with Gasteiger partial charge in [-0.2, -0.15) is 0 Å². The van der Waals surface area contributed by atoms with Crippen LogP contribution in [0.5, 0.6) is 0 Å². The average Bonchev–Trinajstić information content (AvgIpc) is 2.18. The van der Waals surface area contributed by atoms with E-state index in [1.54, 1.807) is 26.0 Å². The summed E-state index contributed by atoms with van der Waals surface area (Å²) in [6.07, 6.45) is 0. The van der Waals surface area contributed by atoms with Crippen molar-refractivity contribution in [3.63, 3.8) is 0 Å². The summed E-state index contributed by atoms with van der Waals surface area (Å²) in [6, 6.07) is 5.05. The summed E-state index contributed by atoms with van der Waals surface area (Å²) in [5.41, 5.74) is 0.672. The second kappa shape index (κ2) is 5.07. The van der Waals surface area contributed by atoms with Crippen molar-refractivity contribution in [3.8, 4) is 0 Å². The second-order valence-electron chi connectivity index (χ2n) is 2.93. The molecule has 1 aromatic rings. The zero-order valence-electron chi connectivity index (χ0n) is 8.45. The van der Waals surface area contributed by atoms with E-state index in [1.165, 1.54) is 6.07 Å². The number of halogens is 1. The predicted octanol–water partition coefficient (Wildman–Crippen LogP) is 1.99. The Morgan fingerprint density at radius 2 is 2.13 bits per heavy atom. The maximum Gasteiger partial charge on any atom is 0.262 e. The van der Waals surface area contributed by atoms with Gasteiger partial charge in [0, 0.05) is 4.47 Å². The monoisotopic (exact) mass is 293 g/mol. The minimum Gasteiger partial charge on any atom is -0.287 e. The lowest BCUT2D eigenvalue weighted by Crippen LogP contribution is -2.24. The van der Waals surface area contributed by atoms with Gasteiger partial charge in [0.05, 0.1) is 11.5 Å². The standard InChI is InChI=1S/C9H12BrNO3S/c1-3-14-11-15(12,13)9-6-8(10)5-4-7(9)2/h4-6,11H,3H2,1-2H3. The summed E-state index contributed by atoms with van der Waals surface area (Å²) in [5.74, 6) is 0. The lowest BCUT2D eigenvalue weighted by molar-refractivity contribution is 0.105. The van der Waals surface area contributed by atoms with E-state index in [4.69, 9.17) is 4.84 Å². The maximum atomic E-state index is 11.7. The van der Waals surface area contributed by atoms with Gasteiger partial charge in [-0.25, -0.2) is 8.42 Å². The molecule has 0 aliphatic heterocycles. The third-order valence-electron chi connectivity index (χ3n) is 1.75. The third-order valence-corrected chi connectivity index (χ3v) is 3.60. The molecule has 0 atom stereocenters. The minimum absolute atomic E-state index is 0.213. The molecule has 15 heavy (non-hydrogen) atoms. The fraction of sp³-hybridized carbons (Fsp3) is 0.333. The number of aryl methyl sites for hydroxylation is 1. The van der Waals surface area contributed by atoms with Crippen molar-refractivity contribution in [1.29, 1.82) is 0 Å². The van der Waals surface area contributed by atoms with Gasteiger partial charge in [-0.1, -0.05) is 26.9 Å². The van der Waals surface area contributed by atoms with Crippen molar-refractivity contribution >= 4 is 26.0 Å². The fourth-order valence-electron chi connectivity index (χ4n) is 1.04. The smallest absolute Gasteiger partial charge is 0.262 e. The van der Waals surface area contributed by atoms with Gasteiger partial charge in [-0.15, -0.1) is 0 Å². The Labute approximate surface area is 97.8 Å². The highest BCUT2D eigenvalue weighted by atomic mass is 79.9. The molecular formula is C9H12BrNO3S. The molecule has 0 fully saturated rings. The topological polar surface area (TPSA) is 55.4 Å². The third kappa shape index (κ3) is 3.27. The lowest BCUT2D eigenvalue weighted by Gasteiger charge is -2.08. The van der Waals surface area contributed by atoms with Gasteiger partial charge in [-0.3, -0.25) is 4.84 Å². The van der Waals surface area contributed by atoms with Crippen LogP contribution in [0.2, 0.25) is 0 Å². The van der Waals surface area contributed by atoms with Crippen LogP contribution >= 0.6 is 15.9 Å². The van der Waals surface area contributed by atoms with Crippen LogP contribution in [0.1, 0.15) is 12.5 Å². The summed E-state index contributed by atoms with van der Waals surface area (Å²) in [7, 11) is -3.58. The zero-order valence-corrected chi connectivity index (χ0v) is 10.9. The molecule has 0 bridgehead atoms. The van der Waals surface area contributed by atoms with E-state index in [2.05, 4.69) is 15.9 Å². The number of benzene rings is 1. The molecule has 0 spiro atoms. The number of hydrogen-bond acceptors (Lipinski definition) is 3. The van der Waals surface area contributed by atoms with E-state index in [-0.39, 0.29) is 11.5 Å². The molecule has 4 nitrogen and oxygen atoms in total. The van der Waals surface area contributed by atoms with Gasteiger partial charge in [0.15, 0.2) is 0 Å². The van der Waals surface area contributed by atoms with Gasteiger partial charge in [-0.05, 0) is 31.5 Å². The Bertz CT molecular complexity index is 445. The first-order valence-corrected chi connectivity index (χ1v) is 6.64. The first-order chi connectivity index (χ1) is 6.97. The SMILES string of the molecule is CCONS(=O)(=O)c1cc(Br)ccc1C. The summed E-state index contributed by atoms with van der Waals surface area (Å²) in [5, 5.41) is 0. The molecule has 0 aromatic heterocycles. The van der Waals surface area contributed by atoms with E-state index in [1.807, 2.05) is 4.89 Å². The van der Waals surface area contributed by atoms with Gasteiger partial charge >= 0.3 is 0 Å². The summed E-state index contributed by atoms with van der Waals surface area (Å²) < 4.78 is 24.1. The van der Waals surface area contributed by atoms with Crippen molar-refractivity contribution in [2.24, 2.45) is 0 Å². The molecule has 6 heteroatoms. The molecule has 1 N–H and O–H groups in total. The molecule has 0 saturated carbocycles. The summed E-state index contributed by atoms with van der Waals surface area (Å²) in [4.78, 5) is 6.95. The van der Waals surface area contributed by atoms with E-state index < -0.39 is 10.0 Å². The normalized spacial score (nSPS) is 11.7. The van der Waals surface area contributed by atoms with Crippen LogP contribution in [0, 0.1) is 6.92 Å². The van der Waals surface area contributed by atoms with Crippen molar-refractivity contribution in [3.05, 3.63) is 28.2 Å². The highest BCUT2D eigenvalue weighted by Gasteiger charge is 2.16. The van der Waals surface area contributed by atoms with Gasteiger partial charge < -0.3 is 0 Å². The van der Waals surface area contributed by atoms with Crippen molar-refractivity contribution in [2.45, 2.75) is 18.7 Å². The molecule has 0 saturated heterocycles. The van der Waals surface area contributed by atoms with Gasteiger partial charge in [0.1, 0.15) is 0 Å². The molecule has 84 valence electrons. The van der Waals surface area contributed by atoms with Crippen LogP contribution in [0.25, 0.3) is 0 Å². The Kier molecular flexibility index (Phi) is 4.27. The summed E-state index contributed by atoms with van der Waals surface area (Å²) >= 11 is 3.22. The molecule has 0 radical (unpaired) electrons. The Hall–Kier alpha value is -0.430. The highest BCUT2D eigenvalue weighted by Crippen LogP contribution is 2.20. The Morgan fingerprint density at radius 3 is 2.73 bits per heavy atom. The lowest BCUT2D eigenvalue weighted by atomic mass is 10.2. The van der Waals surface area contributed by atoms with Crippen LogP contribution in [0.15, 0.2) is 27.6 Å². The second-order valence-corrected chi connectivity index (χ2v) is 5.46. The van der Waals surface area contributed by atoms with Crippen LogP contribution in [0.4, 0.5) is 0 Å². The van der Waals surface area contributed by atoms with Crippen LogP contribution < -0.4 is 4.89 Å². The van der Waals surface area contributed by atoms with Gasteiger partial charge in [0.2, 0.25) is 0 Å². The van der Waals surface area contributed by atoms with E-state index in [0.717, 1.165) is 0 Å². The van der Waals surface area contributed by atoms with E-state index in [9.17, 15) is 8.42 Å². The molecule has 0 amide bonds. The van der Waals surface area contributed by atoms with E-state index >= 15 is 0 Å². The molecule has 0 unspecified atom stereocenters. The molecule has 1 aromatic carbocycles. The largest absolute Gasteiger partial charge is 0.287 e. The average molecular weight is 294 g/mol. The van der Waals surface area contributed by atoms with Crippen LogP contribution in [0.3, 0.4) is 0 Å². The first-order valence-electron chi connectivity index (χ1n) is 4.37. The zero-order chi connectivity index (χ0) is 11.5. The van der Waals surface area contributed by atoms with E-state index in [0.29, 0.717) is 10.0 Å². The number of sulfonamides is 1.